The number of aliphatic hydroxyl groups is 1. The Morgan fingerprint density at radius 1 is 1.14 bits per heavy atom. The van der Waals surface area contributed by atoms with E-state index in [0.717, 1.165) is 22.2 Å². The fraction of sp³-hybridized carbons (Fsp3) is 0.235. The van der Waals surface area contributed by atoms with Gasteiger partial charge in [0.15, 0.2) is 0 Å². The van der Waals surface area contributed by atoms with E-state index in [1.54, 1.807) is 4.68 Å². The highest BCUT2D eigenvalue weighted by Gasteiger charge is 2.18. The van der Waals surface area contributed by atoms with E-state index in [4.69, 9.17) is 4.74 Å². The first-order valence-corrected chi connectivity index (χ1v) is 7.03. The second kappa shape index (κ2) is 5.58. The van der Waals surface area contributed by atoms with Crippen LogP contribution in [0.5, 0.6) is 5.75 Å². The van der Waals surface area contributed by atoms with Crippen LogP contribution in [0, 0.1) is 0 Å². The van der Waals surface area contributed by atoms with E-state index in [0.29, 0.717) is 12.3 Å². The van der Waals surface area contributed by atoms with Crippen molar-refractivity contribution >= 4 is 10.9 Å². The minimum atomic E-state index is -0.744. The molecule has 0 amide bonds. The molecule has 1 N–H and O–H groups in total. The van der Waals surface area contributed by atoms with Crippen molar-refractivity contribution in [1.29, 1.82) is 0 Å². The van der Waals surface area contributed by atoms with Crippen LogP contribution in [0.25, 0.3) is 10.9 Å². The molecule has 1 atom stereocenters. The maximum absolute atomic E-state index is 10.6. The predicted molar refractivity (Wildman–Crippen MR) is 82.4 cm³/mol. The van der Waals surface area contributed by atoms with Crippen molar-refractivity contribution in [1.82, 2.24) is 9.78 Å². The highest BCUT2D eigenvalue weighted by Crippen LogP contribution is 2.28. The number of hydrogen-bond acceptors (Lipinski definition) is 3. The quantitative estimate of drug-likeness (QED) is 0.800. The lowest BCUT2D eigenvalue weighted by atomic mass is 10.0. The molecule has 0 spiro atoms. The van der Waals surface area contributed by atoms with Gasteiger partial charge in [-0.15, -0.1) is 0 Å². The summed E-state index contributed by atoms with van der Waals surface area (Å²) in [4.78, 5) is 0. The van der Waals surface area contributed by atoms with E-state index in [-0.39, 0.29) is 0 Å². The summed E-state index contributed by atoms with van der Waals surface area (Å²) in [7, 11) is 1.89. The molecule has 4 nitrogen and oxygen atoms in total. The third kappa shape index (κ3) is 2.50. The van der Waals surface area contributed by atoms with Gasteiger partial charge in [0.05, 0.1) is 12.1 Å². The molecule has 0 bridgehead atoms. The SMILES string of the molecule is CCOc1ccc(C(O)c2nn(C)c3ccccc23)cc1. The summed E-state index contributed by atoms with van der Waals surface area (Å²) in [6.07, 6.45) is -0.744. The van der Waals surface area contributed by atoms with Crippen LogP contribution in [0.4, 0.5) is 0 Å². The first-order chi connectivity index (χ1) is 10.2. The number of aromatic nitrogens is 2. The second-order valence-electron chi connectivity index (χ2n) is 4.93. The van der Waals surface area contributed by atoms with E-state index >= 15 is 0 Å². The van der Waals surface area contributed by atoms with E-state index in [1.165, 1.54) is 0 Å². The summed E-state index contributed by atoms with van der Waals surface area (Å²) in [5.74, 6) is 0.805. The zero-order valence-corrected chi connectivity index (χ0v) is 12.2. The van der Waals surface area contributed by atoms with Crippen molar-refractivity contribution in [2.75, 3.05) is 6.61 Å². The summed E-state index contributed by atoms with van der Waals surface area (Å²) in [5, 5.41) is 16.0. The summed E-state index contributed by atoms with van der Waals surface area (Å²) < 4.78 is 7.21. The van der Waals surface area contributed by atoms with Crippen LogP contribution in [0.1, 0.15) is 24.3 Å². The van der Waals surface area contributed by atoms with Gasteiger partial charge in [0.2, 0.25) is 0 Å². The largest absolute Gasteiger partial charge is 0.494 e. The number of aliphatic hydroxyl groups excluding tert-OH is 1. The minimum Gasteiger partial charge on any atom is -0.494 e. The molecule has 3 aromatic rings. The van der Waals surface area contributed by atoms with Crippen LogP contribution in [-0.4, -0.2) is 21.5 Å². The fourth-order valence-electron chi connectivity index (χ4n) is 2.51. The van der Waals surface area contributed by atoms with Crippen LogP contribution < -0.4 is 4.74 Å². The molecule has 0 fully saturated rings. The van der Waals surface area contributed by atoms with Gasteiger partial charge in [0, 0.05) is 12.4 Å². The van der Waals surface area contributed by atoms with Crippen LogP contribution in [0.3, 0.4) is 0 Å². The van der Waals surface area contributed by atoms with Gasteiger partial charge in [-0.3, -0.25) is 4.68 Å². The zero-order valence-electron chi connectivity index (χ0n) is 12.2. The first kappa shape index (κ1) is 13.6. The van der Waals surface area contributed by atoms with E-state index < -0.39 is 6.10 Å². The number of para-hydroxylation sites is 1. The molecule has 0 radical (unpaired) electrons. The number of aryl methyl sites for hydroxylation is 1. The molecule has 0 saturated heterocycles. The molecule has 0 aliphatic carbocycles. The Balaban J connectivity index is 1.98. The molecule has 4 heteroatoms. The Hall–Kier alpha value is -2.33. The Labute approximate surface area is 123 Å². The number of rotatable bonds is 4. The smallest absolute Gasteiger partial charge is 0.123 e. The molecule has 0 aliphatic rings. The molecule has 3 rings (SSSR count). The van der Waals surface area contributed by atoms with Crippen molar-refractivity contribution in [2.24, 2.45) is 7.05 Å². The van der Waals surface area contributed by atoms with Gasteiger partial charge < -0.3 is 9.84 Å². The molecule has 1 heterocycles. The van der Waals surface area contributed by atoms with Gasteiger partial charge in [0.25, 0.3) is 0 Å². The normalized spacial score (nSPS) is 12.5. The Morgan fingerprint density at radius 2 is 1.86 bits per heavy atom. The maximum atomic E-state index is 10.6. The summed E-state index contributed by atoms with van der Waals surface area (Å²) in [5.41, 5.74) is 2.50. The minimum absolute atomic E-state index is 0.632. The third-order valence-corrected chi connectivity index (χ3v) is 3.55. The van der Waals surface area contributed by atoms with Gasteiger partial charge in [0.1, 0.15) is 17.5 Å². The van der Waals surface area contributed by atoms with E-state index in [1.807, 2.05) is 62.5 Å². The average Bonchev–Trinajstić information content (AvgIpc) is 2.85. The van der Waals surface area contributed by atoms with Crippen molar-refractivity contribution in [2.45, 2.75) is 13.0 Å². The highest BCUT2D eigenvalue weighted by molar-refractivity contribution is 5.82. The number of benzene rings is 2. The Morgan fingerprint density at radius 3 is 2.57 bits per heavy atom. The summed E-state index contributed by atoms with van der Waals surface area (Å²) >= 11 is 0. The van der Waals surface area contributed by atoms with E-state index in [9.17, 15) is 5.11 Å². The van der Waals surface area contributed by atoms with Crippen LogP contribution in [0.15, 0.2) is 48.5 Å². The summed E-state index contributed by atoms with van der Waals surface area (Å²) in [6, 6.07) is 15.4. The van der Waals surface area contributed by atoms with Gasteiger partial charge in [-0.25, -0.2) is 0 Å². The van der Waals surface area contributed by atoms with Gasteiger partial charge in [-0.05, 0) is 30.7 Å². The van der Waals surface area contributed by atoms with Crippen molar-refractivity contribution in [3.05, 3.63) is 59.8 Å². The zero-order chi connectivity index (χ0) is 14.8. The van der Waals surface area contributed by atoms with Crippen LogP contribution in [-0.2, 0) is 7.05 Å². The van der Waals surface area contributed by atoms with Crippen molar-refractivity contribution in [3.63, 3.8) is 0 Å². The standard InChI is InChI=1S/C17H18N2O2/c1-3-21-13-10-8-12(9-11-13)17(20)16-14-6-4-5-7-15(14)19(2)18-16/h4-11,17,20H,3H2,1-2H3. The Kier molecular flexibility index (Phi) is 3.62. The molecule has 0 saturated carbocycles. The lowest BCUT2D eigenvalue weighted by Gasteiger charge is -2.10. The number of fused-ring (bicyclic) bond motifs is 1. The van der Waals surface area contributed by atoms with Gasteiger partial charge in [-0.1, -0.05) is 30.3 Å². The van der Waals surface area contributed by atoms with Gasteiger partial charge in [-0.2, -0.15) is 5.10 Å². The average molecular weight is 282 g/mol. The maximum Gasteiger partial charge on any atom is 0.123 e. The van der Waals surface area contributed by atoms with E-state index in [2.05, 4.69) is 5.10 Å². The van der Waals surface area contributed by atoms with Crippen LogP contribution in [0.2, 0.25) is 0 Å². The van der Waals surface area contributed by atoms with Crippen molar-refractivity contribution < 1.29 is 9.84 Å². The third-order valence-electron chi connectivity index (χ3n) is 3.55. The lowest BCUT2D eigenvalue weighted by Crippen LogP contribution is -2.02. The summed E-state index contributed by atoms with van der Waals surface area (Å²) in [6.45, 7) is 2.58. The highest BCUT2D eigenvalue weighted by atomic mass is 16.5. The molecule has 21 heavy (non-hydrogen) atoms. The fourth-order valence-corrected chi connectivity index (χ4v) is 2.51. The van der Waals surface area contributed by atoms with Gasteiger partial charge >= 0.3 is 0 Å². The van der Waals surface area contributed by atoms with Crippen LogP contribution >= 0.6 is 0 Å². The molecular formula is C17H18N2O2. The van der Waals surface area contributed by atoms with Crippen molar-refractivity contribution in [3.8, 4) is 5.75 Å². The Bertz CT molecular complexity index is 747. The molecule has 2 aromatic carbocycles. The number of hydrogen-bond donors (Lipinski definition) is 1. The topological polar surface area (TPSA) is 47.3 Å². The monoisotopic (exact) mass is 282 g/mol. The molecule has 1 unspecified atom stereocenters. The molecule has 108 valence electrons. The lowest BCUT2D eigenvalue weighted by molar-refractivity contribution is 0.215. The second-order valence-corrected chi connectivity index (χ2v) is 4.93. The first-order valence-electron chi connectivity index (χ1n) is 7.03. The molecular weight excluding hydrogens is 264 g/mol. The predicted octanol–water partition coefficient (Wildman–Crippen LogP) is 3.05. The molecule has 1 aromatic heterocycles. The number of nitrogens with zero attached hydrogens (tertiary/aromatic N) is 2. The number of ether oxygens (including phenoxy) is 1. The molecule has 0 aliphatic heterocycles.